The second kappa shape index (κ2) is 6.82. The van der Waals surface area contributed by atoms with Crippen molar-refractivity contribution in [1.29, 1.82) is 0 Å². The quantitative estimate of drug-likeness (QED) is 0.638. The summed E-state index contributed by atoms with van der Waals surface area (Å²) >= 11 is 0. The number of carbonyl (C=O) groups is 1. The van der Waals surface area contributed by atoms with Crippen LogP contribution in [0.15, 0.2) is 36.7 Å². The van der Waals surface area contributed by atoms with E-state index in [1.807, 2.05) is 4.90 Å². The van der Waals surface area contributed by atoms with Crippen LogP contribution in [0, 0.1) is 10.1 Å². The number of non-ortho nitro benzene ring substituents is 1. The highest BCUT2D eigenvalue weighted by molar-refractivity contribution is 5.76. The molecular formula is C17H20N4O3. The Balaban J connectivity index is 1.69. The van der Waals surface area contributed by atoms with Crippen LogP contribution in [-0.4, -0.2) is 38.1 Å². The smallest absolute Gasteiger partial charge is 0.269 e. The maximum Gasteiger partial charge on any atom is 0.269 e. The van der Waals surface area contributed by atoms with Crippen LogP contribution in [0.5, 0.6) is 0 Å². The monoisotopic (exact) mass is 328 g/mol. The summed E-state index contributed by atoms with van der Waals surface area (Å²) in [5.74, 6) is 0.0838. The van der Waals surface area contributed by atoms with E-state index in [4.69, 9.17) is 0 Å². The van der Waals surface area contributed by atoms with E-state index < -0.39 is 4.92 Å². The lowest BCUT2D eigenvalue weighted by molar-refractivity contribution is -0.384. The summed E-state index contributed by atoms with van der Waals surface area (Å²) in [5.41, 5.74) is 1.73. The molecule has 24 heavy (non-hydrogen) atoms. The Bertz CT molecular complexity index is 739. The normalized spacial score (nSPS) is 17.7. The zero-order valence-corrected chi connectivity index (χ0v) is 13.6. The Hall–Kier alpha value is -2.70. The van der Waals surface area contributed by atoms with E-state index in [1.165, 1.54) is 18.6 Å². The largest absolute Gasteiger partial charge is 0.338 e. The topological polar surface area (TPSA) is 81.3 Å². The van der Waals surface area contributed by atoms with Crippen LogP contribution in [0.2, 0.25) is 0 Å². The third-order valence-corrected chi connectivity index (χ3v) is 4.47. The Labute approximate surface area is 140 Å². The van der Waals surface area contributed by atoms with Crippen LogP contribution in [0.25, 0.3) is 11.1 Å². The molecule has 1 amide bonds. The third-order valence-electron chi connectivity index (χ3n) is 4.47. The van der Waals surface area contributed by atoms with Gasteiger partial charge in [-0.3, -0.25) is 19.6 Å². The molecule has 3 rings (SSSR count). The van der Waals surface area contributed by atoms with Gasteiger partial charge in [0.1, 0.15) is 6.54 Å². The molecule has 0 N–H and O–H groups in total. The number of likely N-dealkylation sites (tertiary alicyclic amines) is 1. The highest BCUT2D eigenvalue weighted by Gasteiger charge is 2.23. The summed E-state index contributed by atoms with van der Waals surface area (Å²) in [7, 11) is 0. The molecule has 0 saturated carbocycles. The van der Waals surface area contributed by atoms with E-state index in [1.54, 1.807) is 29.2 Å². The minimum atomic E-state index is -0.425. The van der Waals surface area contributed by atoms with Crippen LogP contribution >= 0.6 is 0 Å². The van der Waals surface area contributed by atoms with Crippen molar-refractivity contribution in [1.82, 2.24) is 14.7 Å². The summed E-state index contributed by atoms with van der Waals surface area (Å²) in [6, 6.07) is 6.60. The predicted molar refractivity (Wildman–Crippen MR) is 89.3 cm³/mol. The van der Waals surface area contributed by atoms with Crippen LogP contribution in [0.4, 0.5) is 5.69 Å². The standard InChI is InChI=1S/C17H20N4O3/c1-13-4-2-3-9-20(13)17(22)12-19-11-15(10-18-19)14-5-7-16(8-6-14)21(23)24/h5-8,10-11,13H,2-4,9,12H2,1H3/t13-/m0/s1. The summed E-state index contributed by atoms with van der Waals surface area (Å²) in [6.07, 6.45) is 6.76. The molecule has 2 heterocycles. The van der Waals surface area contributed by atoms with Gasteiger partial charge in [0.2, 0.25) is 5.91 Å². The van der Waals surface area contributed by atoms with Crippen LogP contribution in [0.1, 0.15) is 26.2 Å². The highest BCUT2D eigenvalue weighted by Crippen LogP contribution is 2.22. The molecule has 1 fully saturated rings. The van der Waals surface area contributed by atoms with Gasteiger partial charge >= 0.3 is 0 Å². The van der Waals surface area contributed by atoms with Crippen molar-refractivity contribution in [3.05, 3.63) is 46.8 Å². The number of benzene rings is 1. The fourth-order valence-electron chi connectivity index (χ4n) is 3.07. The van der Waals surface area contributed by atoms with Crippen molar-refractivity contribution in [2.24, 2.45) is 0 Å². The molecule has 1 aromatic heterocycles. The second-order valence-electron chi connectivity index (χ2n) is 6.16. The second-order valence-corrected chi connectivity index (χ2v) is 6.16. The molecule has 1 atom stereocenters. The van der Waals surface area contributed by atoms with Crippen LogP contribution in [0.3, 0.4) is 0 Å². The fourth-order valence-corrected chi connectivity index (χ4v) is 3.07. The van der Waals surface area contributed by atoms with Crippen molar-refractivity contribution in [3.8, 4) is 11.1 Å². The van der Waals surface area contributed by atoms with E-state index >= 15 is 0 Å². The molecule has 0 unspecified atom stereocenters. The van der Waals surface area contributed by atoms with Crippen LogP contribution in [-0.2, 0) is 11.3 Å². The van der Waals surface area contributed by atoms with E-state index in [9.17, 15) is 14.9 Å². The molecular weight excluding hydrogens is 308 g/mol. The zero-order chi connectivity index (χ0) is 17.1. The molecule has 7 nitrogen and oxygen atoms in total. The van der Waals surface area contributed by atoms with Gasteiger partial charge in [0.15, 0.2) is 0 Å². The number of rotatable bonds is 4. The predicted octanol–water partition coefficient (Wildman–Crippen LogP) is 2.86. The van der Waals surface area contributed by atoms with Crippen molar-refractivity contribution in [2.45, 2.75) is 38.8 Å². The Kier molecular flexibility index (Phi) is 4.59. The van der Waals surface area contributed by atoms with E-state index in [-0.39, 0.29) is 24.2 Å². The molecule has 0 bridgehead atoms. The van der Waals surface area contributed by atoms with Gasteiger partial charge in [0, 0.05) is 36.5 Å². The lowest BCUT2D eigenvalue weighted by atomic mass is 10.0. The summed E-state index contributed by atoms with van der Waals surface area (Å²) in [4.78, 5) is 24.6. The average Bonchev–Trinajstić information content (AvgIpc) is 3.03. The van der Waals surface area contributed by atoms with Gasteiger partial charge in [-0.2, -0.15) is 5.10 Å². The Morgan fingerprint density at radius 1 is 1.29 bits per heavy atom. The number of nitro groups is 1. The number of amides is 1. The fraction of sp³-hybridized carbons (Fsp3) is 0.412. The number of aromatic nitrogens is 2. The highest BCUT2D eigenvalue weighted by atomic mass is 16.6. The van der Waals surface area contributed by atoms with Crippen LogP contribution < -0.4 is 0 Å². The van der Waals surface area contributed by atoms with Crippen molar-refractivity contribution >= 4 is 11.6 Å². The molecule has 1 aromatic carbocycles. The lowest BCUT2D eigenvalue weighted by Gasteiger charge is -2.33. The molecule has 126 valence electrons. The number of carbonyl (C=O) groups excluding carboxylic acids is 1. The third kappa shape index (κ3) is 3.45. The SMILES string of the molecule is C[C@H]1CCCCN1C(=O)Cn1cc(-c2ccc([N+](=O)[O-])cc2)cn1. The average molecular weight is 328 g/mol. The molecule has 1 aliphatic heterocycles. The molecule has 0 radical (unpaired) electrons. The molecule has 7 heteroatoms. The maximum atomic E-state index is 12.4. The van der Waals surface area contributed by atoms with Gasteiger partial charge in [-0.25, -0.2) is 0 Å². The number of nitro benzene ring substituents is 1. The van der Waals surface area contributed by atoms with Gasteiger partial charge in [-0.05, 0) is 43.9 Å². The molecule has 1 aliphatic rings. The maximum absolute atomic E-state index is 12.4. The molecule has 0 spiro atoms. The van der Waals surface area contributed by atoms with Crippen molar-refractivity contribution in [2.75, 3.05) is 6.54 Å². The Morgan fingerprint density at radius 3 is 2.71 bits per heavy atom. The number of hydrogen-bond donors (Lipinski definition) is 0. The van der Waals surface area contributed by atoms with E-state index in [0.717, 1.165) is 30.5 Å². The summed E-state index contributed by atoms with van der Waals surface area (Å²) in [6.45, 7) is 3.12. The minimum absolute atomic E-state index is 0.0559. The first-order valence-electron chi connectivity index (χ1n) is 8.11. The Morgan fingerprint density at radius 2 is 2.04 bits per heavy atom. The molecule has 1 saturated heterocycles. The first kappa shape index (κ1) is 16.2. The van der Waals surface area contributed by atoms with Gasteiger partial charge in [-0.1, -0.05) is 0 Å². The van der Waals surface area contributed by atoms with Gasteiger partial charge in [0.25, 0.3) is 5.69 Å². The number of piperidine rings is 1. The first-order valence-corrected chi connectivity index (χ1v) is 8.11. The molecule has 0 aliphatic carbocycles. The van der Waals surface area contributed by atoms with Gasteiger partial charge in [-0.15, -0.1) is 0 Å². The lowest BCUT2D eigenvalue weighted by Crippen LogP contribution is -2.43. The zero-order valence-electron chi connectivity index (χ0n) is 13.6. The summed E-state index contributed by atoms with van der Waals surface area (Å²) in [5, 5.41) is 14.9. The van der Waals surface area contributed by atoms with Gasteiger partial charge < -0.3 is 4.90 Å². The van der Waals surface area contributed by atoms with E-state index in [0.29, 0.717) is 0 Å². The van der Waals surface area contributed by atoms with E-state index in [2.05, 4.69) is 12.0 Å². The van der Waals surface area contributed by atoms with Crippen molar-refractivity contribution in [3.63, 3.8) is 0 Å². The summed E-state index contributed by atoms with van der Waals surface area (Å²) < 4.78 is 1.63. The first-order chi connectivity index (χ1) is 11.5. The minimum Gasteiger partial charge on any atom is -0.338 e. The van der Waals surface area contributed by atoms with Crippen molar-refractivity contribution < 1.29 is 9.72 Å². The number of nitrogens with zero attached hydrogens (tertiary/aromatic N) is 4. The number of hydrogen-bond acceptors (Lipinski definition) is 4. The molecule has 2 aromatic rings. The van der Waals surface area contributed by atoms with Gasteiger partial charge in [0.05, 0.1) is 11.1 Å².